The number of aromatic nitrogens is 1. The maximum Gasteiger partial charge on any atom is 0.417 e. The summed E-state index contributed by atoms with van der Waals surface area (Å²) in [5, 5.41) is 12.9. The molecule has 0 radical (unpaired) electrons. The molecule has 0 bridgehead atoms. The van der Waals surface area contributed by atoms with E-state index in [0.29, 0.717) is 31.0 Å². The van der Waals surface area contributed by atoms with E-state index in [4.69, 9.17) is 4.74 Å². The van der Waals surface area contributed by atoms with E-state index in [-0.39, 0.29) is 23.6 Å². The van der Waals surface area contributed by atoms with Crippen molar-refractivity contribution >= 4 is 11.8 Å². The number of ether oxygens (including phenoxy) is 1. The molecule has 1 aromatic heterocycles. The van der Waals surface area contributed by atoms with E-state index in [2.05, 4.69) is 10.3 Å². The topological polar surface area (TPSA) is 98.4 Å². The van der Waals surface area contributed by atoms with Crippen LogP contribution >= 0.6 is 0 Å². The minimum Gasteiger partial charge on any atom is -0.486 e. The van der Waals surface area contributed by atoms with Crippen LogP contribution < -0.4 is 5.32 Å². The number of ketones is 1. The SMILES string of the molecule is O=C(C1=C(OCc2ccc(C(F)(F)F)cn2)C2=CC=CCC2C(F)=C1)C1NC1C1(C(=O)O)CCCC1. The number of carbonyl (C=O) groups excluding carboxylic acids is 1. The number of aliphatic carboxylic acids is 1. The third kappa shape index (κ3) is 4.27. The van der Waals surface area contributed by atoms with Crippen LogP contribution in [0.25, 0.3) is 0 Å². The average Bonchev–Trinajstić information content (AvgIpc) is 3.50. The summed E-state index contributed by atoms with van der Waals surface area (Å²) in [6.45, 7) is -0.228. The predicted molar refractivity (Wildman–Crippen MR) is 120 cm³/mol. The van der Waals surface area contributed by atoms with E-state index in [0.717, 1.165) is 25.0 Å². The number of nitrogens with one attached hydrogen (secondary N) is 1. The summed E-state index contributed by atoms with van der Waals surface area (Å²) in [5.41, 5.74) is -1.28. The molecule has 1 aromatic rings. The summed E-state index contributed by atoms with van der Waals surface area (Å²) in [6.07, 6.45) is 5.31. The van der Waals surface area contributed by atoms with Crippen LogP contribution in [0.2, 0.25) is 0 Å². The number of Topliss-reactive ketones (excluding diaryl/α,β-unsaturated/α-hetero) is 1. The summed E-state index contributed by atoms with van der Waals surface area (Å²) < 4.78 is 59.5. The van der Waals surface area contributed by atoms with Crippen molar-refractivity contribution in [3.63, 3.8) is 0 Å². The van der Waals surface area contributed by atoms with Gasteiger partial charge in [0, 0.05) is 23.7 Å². The predicted octanol–water partition coefficient (Wildman–Crippen LogP) is 4.80. The second-order valence-corrected chi connectivity index (χ2v) is 9.59. The Hall–Kier alpha value is -3.27. The van der Waals surface area contributed by atoms with Gasteiger partial charge in [-0.3, -0.25) is 19.9 Å². The number of hydrogen-bond acceptors (Lipinski definition) is 5. The van der Waals surface area contributed by atoms with Crippen molar-refractivity contribution in [1.82, 2.24) is 10.3 Å². The lowest BCUT2D eigenvalue weighted by Crippen LogP contribution is -2.36. The number of hydrogen-bond donors (Lipinski definition) is 2. The molecule has 36 heavy (non-hydrogen) atoms. The molecule has 6 nitrogen and oxygen atoms in total. The highest BCUT2D eigenvalue weighted by atomic mass is 19.4. The fourth-order valence-corrected chi connectivity index (χ4v) is 5.43. The third-order valence-corrected chi connectivity index (χ3v) is 7.45. The first-order valence-electron chi connectivity index (χ1n) is 11.8. The summed E-state index contributed by atoms with van der Waals surface area (Å²) in [7, 11) is 0. The summed E-state index contributed by atoms with van der Waals surface area (Å²) in [4.78, 5) is 29.3. The van der Waals surface area contributed by atoms with E-state index in [1.165, 1.54) is 6.07 Å². The lowest BCUT2D eigenvalue weighted by molar-refractivity contribution is -0.148. The van der Waals surface area contributed by atoms with E-state index < -0.39 is 52.7 Å². The normalized spacial score (nSPS) is 26.7. The van der Waals surface area contributed by atoms with Gasteiger partial charge in [-0.1, -0.05) is 31.1 Å². The maximum absolute atomic E-state index is 15.0. The molecule has 190 valence electrons. The fourth-order valence-electron chi connectivity index (χ4n) is 5.43. The van der Waals surface area contributed by atoms with Crippen molar-refractivity contribution in [3.05, 3.63) is 76.6 Å². The first kappa shape index (κ1) is 24.4. The Morgan fingerprint density at radius 2 is 1.97 bits per heavy atom. The summed E-state index contributed by atoms with van der Waals surface area (Å²) in [5.74, 6) is -2.41. The monoisotopic (exact) mass is 504 g/mol. The molecule has 1 saturated heterocycles. The number of carbonyl (C=O) groups is 2. The lowest BCUT2D eigenvalue weighted by atomic mass is 9.78. The lowest BCUT2D eigenvalue weighted by Gasteiger charge is -2.28. The van der Waals surface area contributed by atoms with Gasteiger partial charge in [-0.25, -0.2) is 4.39 Å². The van der Waals surface area contributed by atoms with Gasteiger partial charge in [-0.2, -0.15) is 13.2 Å². The number of fused-ring (bicyclic) bond motifs is 1. The zero-order valence-electron chi connectivity index (χ0n) is 19.1. The zero-order valence-corrected chi connectivity index (χ0v) is 19.1. The Kier molecular flexibility index (Phi) is 6.10. The first-order chi connectivity index (χ1) is 17.1. The number of rotatable bonds is 7. The average molecular weight is 504 g/mol. The molecule has 3 unspecified atom stereocenters. The molecular formula is C26H24F4N2O4. The van der Waals surface area contributed by atoms with Crippen LogP contribution in [0, 0.1) is 11.3 Å². The zero-order chi connectivity index (χ0) is 25.7. The Bertz CT molecular complexity index is 1210. The number of pyridine rings is 1. The van der Waals surface area contributed by atoms with Gasteiger partial charge in [-0.15, -0.1) is 0 Å². The third-order valence-electron chi connectivity index (χ3n) is 7.45. The molecule has 2 fully saturated rings. The van der Waals surface area contributed by atoms with E-state index in [1.54, 1.807) is 18.2 Å². The fraction of sp³-hybridized carbons (Fsp3) is 0.423. The van der Waals surface area contributed by atoms with Crippen molar-refractivity contribution < 1.29 is 37.0 Å². The Labute approximate surface area is 204 Å². The molecule has 0 aromatic carbocycles. The molecular weight excluding hydrogens is 480 g/mol. The van der Waals surface area contributed by atoms with Gasteiger partial charge in [0.05, 0.1) is 28.3 Å². The van der Waals surface area contributed by atoms with Gasteiger partial charge in [0.2, 0.25) is 0 Å². The molecule has 0 amide bonds. The Morgan fingerprint density at radius 1 is 1.22 bits per heavy atom. The highest BCUT2D eigenvalue weighted by Crippen LogP contribution is 2.48. The highest BCUT2D eigenvalue weighted by molar-refractivity contribution is 6.06. The quantitative estimate of drug-likeness (QED) is 0.409. The molecule has 1 saturated carbocycles. The molecule has 2 N–H and O–H groups in total. The largest absolute Gasteiger partial charge is 0.486 e. The molecule has 10 heteroatoms. The molecule has 5 rings (SSSR count). The molecule has 4 aliphatic rings. The number of carboxylic acid groups (broad SMARTS) is 1. The molecule has 3 aliphatic carbocycles. The van der Waals surface area contributed by atoms with Crippen LogP contribution in [0.1, 0.15) is 43.4 Å². The van der Waals surface area contributed by atoms with Crippen molar-refractivity contribution in [2.75, 3.05) is 0 Å². The van der Waals surface area contributed by atoms with Crippen LogP contribution in [0.15, 0.2) is 65.4 Å². The number of allylic oxidation sites excluding steroid dienone is 6. The van der Waals surface area contributed by atoms with Crippen LogP contribution in [-0.2, 0) is 27.1 Å². The Balaban J connectivity index is 1.43. The van der Waals surface area contributed by atoms with E-state index in [9.17, 15) is 27.9 Å². The molecule has 3 atom stereocenters. The van der Waals surface area contributed by atoms with Crippen molar-refractivity contribution in [2.24, 2.45) is 11.3 Å². The highest BCUT2D eigenvalue weighted by Gasteiger charge is 2.61. The van der Waals surface area contributed by atoms with Gasteiger partial charge in [0.25, 0.3) is 0 Å². The second kappa shape index (κ2) is 8.99. The van der Waals surface area contributed by atoms with Crippen LogP contribution in [-0.4, -0.2) is 33.9 Å². The van der Waals surface area contributed by atoms with Crippen LogP contribution in [0.3, 0.4) is 0 Å². The van der Waals surface area contributed by atoms with Gasteiger partial charge in [-0.05, 0) is 37.5 Å². The number of halogens is 4. The van der Waals surface area contributed by atoms with E-state index in [1.807, 2.05) is 0 Å². The van der Waals surface area contributed by atoms with Gasteiger partial charge in [0.15, 0.2) is 5.78 Å². The summed E-state index contributed by atoms with van der Waals surface area (Å²) >= 11 is 0. The Morgan fingerprint density at radius 3 is 2.61 bits per heavy atom. The number of carboxylic acids is 1. The van der Waals surface area contributed by atoms with Gasteiger partial charge in [0.1, 0.15) is 18.2 Å². The second-order valence-electron chi connectivity index (χ2n) is 9.59. The molecule has 0 spiro atoms. The number of nitrogens with zero attached hydrogens (tertiary/aromatic N) is 1. The maximum atomic E-state index is 15.0. The summed E-state index contributed by atoms with van der Waals surface area (Å²) in [6, 6.07) is 0.748. The first-order valence-corrected chi connectivity index (χ1v) is 11.8. The number of alkyl halides is 3. The van der Waals surface area contributed by atoms with Crippen LogP contribution in [0.4, 0.5) is 17.6 Å². The smallest absolute Gasteiger partial charge is 0.417 e. The van der Waals surface area contributed by atoms with Crippen molar-refractivity contribution in [3.8, 4) is 0 Å². The van der Waals surface area contributed by atoms with Gasteiger partial charge < -0.3 is 9.84 Å². The standard InChI is InChI=1S/C26H24F4N2O4/c27-19-11-18(21(33)20-23(32-20)25(24(34)35)9-3-4-10-25)22(17-6-2-1-5-16(17)19)36-13-15-8-7-14(12-31-15)26(28,29)30/h1-2,6-8,11-12,16,20,23,32H,3-5,9-10,13H2,(H,34,35). The van der Waals surface area contributed by atoms with Gasteiger partial charge >= 0.3 is 12.1 Å². The van der Waals surface area contributed by atoms with Crippen LogP contribution in [0.5, 0.6) is 0 Å². The van der Waals surface area contributed by atoms with E-state index >= 15 is 4.39 Å². The molecule has 1 aliphatic heterocycles. The minimum atomic E-state index is -4.52. The molecule has 2 heterocycles. The van der Waals surface area contributed by atoms with Crippen molar-refractivity contribution in [1.29, 1.82) is 0 Å². The van der Waals surface area contributed by atoms with Crippen molar-refractivity contribution in [2.45, 2.75) is 57.0 Å². The minimum absolute atomic E-state index is 0.0178.